The maximum absolute atomic E-state index is 5.96. The Morgan fingerprint density at radius 2 is 2.14 bits per heavy atom. The van der Waals surface area contributed by atoms with Crippen LogP contribution in [-0.4, -0.2) is 39.3 Å². The van der Waals surface area contributed by atoms with Crippen LogP contribution in [0.25, 0.3) is 0 Å². The lowest BCUT2D eigenvalue weighted by molar-refractivity contribution is -0.00526. The molecule has 21 heavy (non-hydrogen) atoms. The molecular weight excluding hydrogens is 284 g/mol. The first-order valence-corrected chi connectivity index (χ1v) is 8.14. The topological polar surface area (TPSA) is 51.1 Å². The zero-order valence-corrected chi connectivity index (χ0v) is 13.1. The van der Waals surface area contributed by atoms with E-state index in [4.69, 9.17) is 4.74 Å². The van der Waals surface area contributed by atoms with Gasteiger partial charge in [0, 0.05) is 19.3 Å². The Bertz CT molecular complexity index is 552. The molecule has 3 heterocycles. The van der Waals surface area contributed by atoms with E-state index in [1.165, 1.54) is 0 Å². The molecule has 2 aromatic rings. The van der Waals surface area contributed by atoms with Crippen molar-refractivity contribution >= 4 is 11.3 Å². The molecule has 1 fully saturated rings. The smallest absolute Gasteiger partial charge is 0.131 e. The Labute approximate surface area is 129 Å². The minimum absolute atomic E-state index is 0.347. The van der Waals surface area contributed by atoms with Crippen LogP contribution in [0.15, 0.2) is 24.4 Å². The molecule has 0 N–H and O–H groups in total. The first kappa shape index (κ1) is 14.6. The fourth-order valence-electron chi connectivity index (χ4n) is 2.51. The molecule has 6 heteroatoms. The molecule has 0 unspecified atom stereocenters. The largest absolute Gasteiger partial charge is 0.372 e. The molecule has 2 aromatic heterocycles. The predicted octanol–water partition coefficient (Wildman–Crippen LogP) is 2.42. The van der Waals surface area contributed by atoms with Gasteiger partial charge in [0.1, 0.15) is 10.0 Å². The van der Waals surface area contributed by atoms with Gasteiger partial charge < -0.3 is 4.74 Å². The van der Waals surface area contributed by atoms with E-state index in [0.29, 0.717) is 12.7 Å². The third-order valence-electron chi connectivity index (χ3n) is 3.65. The van der Waals surface area contributed by atoms with Crippen LogP contribution >= 0.6 is 11.3 Å². The van der Waals surface area contributed by atoms with Crippen molar-refractivity contribution in [3.05, 3.63) is 40.1 Å². The standard InChI is InChI=1S/C15H20N4OS/c1-12-17-18-15(21-12)10-19-8-5-14(6-9-19)20-11-13-4-2-3-7-16-13/h2-4,7,14H,5-6,8-11H2,1H3. The summed E-state index contributed by atoms with van der Waals surface area (Å²) >= 11 is 1.69. The number of aromatic nitrogens is 3. The van der Waals surface area contributed by atoms with Gasteiger partial charge in [-0.05, 0) is 31.9 Å². The van der Waals surface area contributed by atoms with Gasteiger partial charge >= 0.3 is 0 Å². The van der Waals surface area contributed by atoms with Crippen LogP contribution in [0.5, 0.6) is 0 Å². The van der Waals surface area contributed by atoms with E-state index in [-0.39, 0.29) is 0 Å². The molecule has 0 saturated carbocycles. The summed E-state index contributed by atoms with van der Waals surface area (Å²) in [6.45, 7) is 5.65. The van der Waals surface area contributed by atoms with Crippen LogP contribution in [0.2, 0.25) is 0 Å². The summed E-state index contributed by atoms with van der Waals surface area (Å²) in [5, 5.41) is 10.4. The molecule has 0 radical (unpaired) electrons. The van der Waals surface area contributed by atoms with E-state index in [0.717, 1.165) is 48.2 Å². The van der Waals surface area contributed by atoms with Gasteiger partial charge in [0.2, 0.25) is 0 Å². The van der Waals surface area contributed by atoms with Crippen molar-refractivity contribution in [1.82, 2.24) is 20.1 Å². The second-order valence-electron chi connectivity index (χ2n) is 5.32. The SMILES string of the molecule is Cc1nnc(CN2CCC(OCc3ccccn3)CC2)s1. The molecule has 112 valence electrons. The fraction of sp³-hybridized carbons (Fsp3) is 0.533. The molecule has 1 saturated heterocycles. The number of ether oxygens (including phenoxy) is 1. The zero-order chi connectivity index (χ0) is 14.5. The Hall–Kier alpha value is -1.37. The summed E-state index contributed by atoms with van der Waals surface area (Å²) in [6, 6.07) is 5.93. The van der Waals surface area contributed by atoms with Gasteiger partial charge in [-0.25, -0.2) is 0 Å². The van der Waals surface area contributed by atoms with Crippen LogP contribution in [0, 0.1) is 6.92 Å². The Morgan fingerprint density at radius 3 is 2.81 bits per heavy atom. The van der Waals surface area contributed by atoms with E-state index in [1.54, 1.807) is 11.3 Å². The quantitative estimate of drug-likeness (QED) is 0.849. The third kappa shape index (κ3) is 4.30. The fourth-order valence-corrected chi connectivity index (χ4v) is 3.26. The Balaban J connectivity index is 1.40. The average Bonchev–Trinajstić information content (AvgIpc) is 2.93. The van der Waals surface area contributed by atoms with Crippen molar-refractivity contribution in [1.29, 1.82) is 0 Å². The highest BCUT2D eigenvalue weighted by molar-refractivity contribution is 7.11. The number of piperidine rings is 1. The number of likely N-dealkylation sites (tertiary alicyclic amines) is 1. The Kier molecular flexibility index (Phi) is 4.90. The van der Waals surface area contributed by atoms with Crippen molar-refractivity contribution in [3.8, 4) is 0 Å². The summed E-state index contributed by atoms with van der Waals surface area (Å²) in [5.41, 5.74) is 1.00. The highest BCUT2D eigenvalue weighted by Crippen LogP contribution is 2.18. The normalized spacial score (nSPS) is 17.2. The van der Waals surface area contributed by atoms with Crippen LogP contribution in [0.4, 0.5) is 0 Å². The van der Waals surface area contributed by atoms with Crippen LogP contribution in [0.1, 0.15) is 28.6 Å². The summed E-state index contributed by atoms with van der Waals surface area (Å²) in [6.07, 6.45) is 4.31. The lowest BCUT2D eigenvalue weighted by Crippen LogP contribution is -2.36. The minimum Gasteiger partial charge on any atom is -0.372 e. The molecule has 0 aliphatic carbocycles. The molecule has 0 amide bonds. The second kappa shape index (κ2) is 7.06. The number of aryl methyl sites for hydroxylation is 1. The minimum atomic E-state index is 0.347. The molecule has 1 aliphatic rings. The first-order chi connectivity index (χ1) is 10.3. The highest BCUT2D eigenvalue weighted by atomic mass is 32.1. The van der Waals surface area contributed by atoms with E-state index < -0.39 is 0 Å². The van der Waals surface area contributed by atoms with Crippen LogP contribution in [0.3, 0.4) is 0 Å². The lowest BCUT2D eigenvalue weighted by atomic mass is 10.1. The number of hydrogen-bond acceptors (Lipinski definition) is 6. The monoisotopic (exact) mass is 304 g/mol. The zero-order valence-electron chi connectivity index (χ0n) is 12.2. The highest BCUT2D eigenvalue weighted by Gasteiger charge is 2.20. The van der Waals surface area contributed by atoms with Crippen molar-refractivity contribution in [3.63, 3.8) is 0 Å². The van der Waals surface area contributed by atoms with Gasteiger partial charge in [0.25, 0.3) is 0 Å². The van der Waals surface area contributed by atoms with Crippen molar-refractivity contribution in [2.75, 3.05) is 13.1 Å². The van der Waals surface area contributed by atoms with E-state index in [2.05, 4.69) is 20.1 Å². The molecule has 0 atom stereocenters. The average molecular weight is 304 g/mol. The molecule has 5 nitrogen and oxygen atoms in total. The van der Waals surface area contributed by atoms with Crippen LogP contribution in [-0.2, 0) is 17.9 Å². The third-order valence-corrected chi connectivity index (χ3v) is 4.48. The summed E-state index contributed by atoms with van der Waals surface area (Å²) in [7, 11) is 0. The second-order valence-corrected chi connectivity index (χ2v) is 6.59. The molecule has 1 aliphatic heterocycles. The number of rotatable bonds is 5. The van der Waals surface area contributed by atoms with Gasteiger partial charge in [-0.1, -0.05) is 6.07 Å². The van der Waals surface area contributed by atoms with Crippen molar-refractivity contribution in [2.24, 2.45) is 0 Å². The van der Waals surface area contributed by atoms with Gasteiger partial charge in [-0.3, -0.25) is 9.88 Å². The molecule has 3 rings (SSSR count). The maximum Gasteiger partial charge on any atom is 0.131 e. The van der Waals surface area contributed by atoms with Gasteiger partial charge in [-0.15, -0.1) is 21.5 Å². The summed E-state index contributed by atoms with van der Waals surface area (Å²) < 4.78 is 5.96. The maximum atomic E-state index is 5.96. The Morgan fingerprint density at radius 1 is 1.29 bits per heavy atom. The number of hydrogen-bond donors (Lipinski definition) is 0. The molecule has 0 aromatic carbocycles. The number of pyridine rings is 1. The van der Waals surface area contributed by atoms with Gasteiger partial charge in [-0.2, -0.15) is 0 Å². The first-order valence-electron chi connectivity index (χ1n) is 7.32. The van der Waals surface area contributed by atoms with E-state index in [1.807, 2.05) is 31.3 Å². The van der Waals surface area contributed by atoms with Crippen molar-refractivity contribution < 1.29 is 4.74 Å². The van der Waals surface area contributed by atoms with E-state index >= 15 is 0 Å². The van der Waals surface area contributed by atoms with Crippen LogP contribution < -0.4 is 0 Å². The number of nitrogens with zero attached hydrogens (tertiary/aromatic N) is 4. The summed E-state index contributed by atoms with van der Waals surface area (Å²) in [4.78, 5) is 6.72. The summed E-state index contributed by atoms with van der Waals surface area (Å²) in [5.74, 6) is 0. The molecule has 0 bridgehead atoms. The van der Waals surface area contributed by atoms with E-state index in [9.17, 15) is 0 Å². The molecular formula is C15H20N4OS. The lowest BCUT2D eigenvalue weighted by Gasteiger charge is -2.31. The molecule has 0 spiro atoms. The predicted molar refractivity (Wildman–Crippen MR) is 82.0 cm³/mol. The van der Waals surface area contributed by atoms with Crippen molar-refractivity contribution in [2.45, 2.75) is 39.0 Å². The van der Waals surface area contributed by atoms with Gasteiger partial charge in [0.15, 0.2) is 0 Å². The van der Waals surface area contributed by atoms with Gasteiger partial charge in [0.05, 0.1) is 24.9 Å².